The van der Waals surface area contributed by atoms with Crippen molar-refractivity contribution in [1.29, 1.82) is 0 Å². The standard InChI is InChI=1S/C22H24N2O2/c1-15(6-8-18(4)23)14-17(3)22(25)26-19(5)9-7-16(2)20-10-12-21(24)13-11-20/h6-14H,1-2,4-5,23-24H2,3H3/b8-6-,9-7-,17-14+. The summed E-state index contributed by atoms with van der Waals surface area (Å²) in [6, 6.07) is 7.30. The highest BCUT2D eigenvalue weighted by molar-refractivity contribution is 5.89. The molecule has 0 aliphatic rings. The Balaban J connectivity index is 2.64. The summed E-state index contributed by atoms with van der Waals surface area (Å²) in [5.41, 5.74) is 14.8. The third kappa shape index (κ3) is 7.36. The number of nitrogens with two attached hydrogens (primary N) is 2. The van der Waals surface area contributed by atoms with Gasteiger partial charge in [-0.05, 0) is 54.0 Å². The fraction of sp³-hybridized carbons (Fsp3) is 0.0455. The zero-order valence-electron chi connectivity index (χ0n) is 15.0. The third-order valence-electron chi connectivity index (χ3n) is 3.21. The van der Waals surface area contributed by atoms with Crippen LogP contribution in [0.4, 0.5) is 5.69 Å². The van der Waals surface area contributed by atoms with E-state index >= 15 is 0 Å². The largest absolute Gasteiger partial charge is 0.424 e. The molecule has 0 spiro atoms. The molecule has 0 heterocycles. The first-order valence-electron chi connectivity index (χ1n) is 7.82. The number of esters is 1. The smallest absolute Gasteiger partial charge is 0.339 e. The molecule has 0 saturated carbocycles. The first kappa shape index (κ1) is 20.5. The summed E-state index contributed by atoms with van der Waals surface area (Å²) >= 11 is 0. The van der Waals surface area contributed by atoms with Gasteiger partial charge < -0.3 is 16.2 Å². The molecule has 134 valence electrons. The second kappa shape index (κ2) is 9.69. The van der Waals surface area contributed by atoms with Gasteiger partial charge in [-0.1, -0.05) is 50.6 Å². The third-order valence-corrected chi connectivity index (χ3v) is 3.21. The van der Waals surface area contributed by atoms with Gasteiger partial charge >= 0.3 is 5.97 Å². The Bertz CT molecular complexity index is 822. The second-order valence-corrected chi connectivity index (χ2v) is 5.65. The zero-order valence-corrected chi connectivity index (χ0v) is 15.0. The van der Waals surface area contributed by atoms with E-state index in [2.05, 4.69) is 26.3 Å². The molecule has 1 aromatic carbocycles. The lowest BCUT2D eigenvalue weighted by Gasteiger charge is -2.05. The van der Waals surface area contributed by atoms with E-state index in [9.17, 15) is 4.79 Å². The highest BCUT2D eigenvalue weighted by Gasteiger charge is 2.07. The summed E-state index contributed by atoms with van der Waals surface area (Å²) in [7, 11) is 0. The molecule has 1 rings (SSSR count). The first-order chi connectivity index (χ1) is 12.2. The van der Waals surface area contributed by atoms with Crippen LogP contribution >= 0.6 is 0 Å². The fourth-order valence-corrected chi connectivity index (χ4v) is 1.82. The Morgan fingerprint density at radius 2 is 1.62 bits per heavy atom. The van der Waals surface area contributed by atoms with Gasteiger partial charge in [0.15, 0.2) is 0 Å². The Morgan fingerprint density at radius 1 is 1.00 bits per heavy atom. The molecule has 4 heteroatoms. The van der Waals surface area contributed by atoms with Gasteiger partial charge in [0, 0.05) is 17.0 Å². The van der Waals surface area contributed by atoms with E-state index in [4.69, 9.17) is 16.2 Å². The van der Waals surface area contributed by atoms with Crippen LogP contribution in [0.3, 0.4) is 0 Å². The lowest BCUT2D eigenvalue weighted by Crippen LogP contribution is -2.04. The summed E-state index contributed by atoms with van der Waals surface area (Å²) in [6.07, 6.45) is 8.14. The maximum Gasteiger partial charge on any atom is 0.339 e. The lowest BCUT2D eigenvalue weighted by molar-refractivity contribution is -0.134. The molecule has 0 radical (unpaired) electrons. The predicted molar refractivity (Wildman–Crippen MR) is 110 cm³/mol. The summed E-state index contributed by atoms with van der Waals surface area (Å²) in [5, 5.41) is 0. The molecule has 0 saturated heterocycles. The molecule has 1 aromatic rings. The summed E-state index contributed by atoms with van der Waals surface area (Å²) in [6.45, 7) is 16.6. The van der Waals surface area contributed by atoms with Gasteiger partial charge in [-0.25, -0.2) is 4.79 Å². The van der Waals surface area contributed by atoms with Crippen molar-refractivity contribution >= 4 is 17.2 Å². The van der Waals surface area contributed by atoms with Crippen LogP contribution in [0.15, 0.2) is 104 Å². The Kier molecular flexibility index (Phi) is 7.65. The number of benzene rings is 1. The van der Waals surface area contributed by atoms with Crippen LogP contribution < -0.4 is 11.5 Å². The SMILES string of the molecule is C=C(N)/C=C\C(=C)/C=C(\C)C(=O)OC(=C)/C=C\C(=C)c1ccc(N)cc1. The number of ether oxygens (including phenoxy) is 1. The van der Waals surface area contributed by atoms with Crippen molar-refractivity contribution in [2.75, 3.05) is 5.73 Å². The van der Waals surface area contributed by atoms with Gasteiger partial charge in [-0.15, -0.1) is 0 Å². The van der Waals surface area contributed by atoms with E-state index in [1.807, 2.05) is 12.1 Å². The Labute approximate surface area is 154 Å². The Hall–Kier alpha value is -3.53. The minimum absolute atomic E-state index is 0.204. The number of rotatable bonds is 8. The second-order valence-electron chi connectivity index (χ2n) is 5.65. The van der Waals surface area contributed by atoms with Crippen molar-refractivity contribution in [3.63, 3.8) is 0 Å². The van der Waals surface area contributed by atoms with Gasteiger partial charge in [0.1, 0.15) is 5.76 Å². The predicted octanol–water partition coefficient (Wildman–Crippen LogP) is 4.43. The van der Waals surface area contributed by atoms with Crippen molar-refractivity contribution in [1.82, 2.24) is 0 Å². The van der Waals surface area contributed by atoms with Crippen molar-refractivity contribution in [2.45, 2.75) is 6.92 Å². The van der Waals surface area contributed by atoms with Crippen LogP contribution in [0.1, 0.15) is 12.5 Å². The maximum absolute atomic E-state index is 12.1. The van der Waals surface area contributed by atoms with Crippen molar-refractivity contribution < 1.29 is 9.53 Å². The fourth-order valence-electron chi connectivity index (χ4n) is 1.82. The van der Waals surface area contributed by atoms with E-state index in [1.54, 1.807) is 49.4 Å². The van der Waals surface area contributed by atoms with Gasteiger partial charge in [0.2, 0.25) is 0 Å². The molecule has 26 heavy (non-hydrogen) atoms. The normalized spacial score (nSPS) is 11.5. The van der Waals surface area contributed by atoms with E-state index in [0.29, 0.717) is 22.5 Å². The van der Waals surface area contributed by atoms with Crippen LogP contribution in [0.25, 0.3) is 5.57 Å². The molecule has 0 aliphatic heterocycles. The molecule has 0 atom stereocenters. The number of nitrogen functional groups attached to an aromatic ring is 1. The summed E-state index contributed by atoms with van der Waals surface area (Å²) in [4.78, 5) is 12.1. The van der Waals surface area contributed by atoms with Crippen LogP contribution in [-0.4, -0.2) is 5.97 Å². The summed E-state index contributed by atoms with van der Waals surface area (Å²) in [5.74, 6) is -0.310. The van der Waals surface area contributed by atoms with Crippen molar-refractivity contribution in [3.8, 4) is 0 Å². The van der Waals surface area contributed by atoms with E-state index in [1.165, 1.54) is 0 Å². The number of hydrogen-bond donors (Lipinski definition) is 2. The monoisotopic (exact) mass is 348 g/mol. The van der Waals surface area contributed by atoms with Crippen LogP contribution in [0.5, 0.6) is 0 Å². The Morgan fingerprint density at radius 3 is 2.19 bits per heavy atom. The van der Waals surface area contributed by atoms with E-state index in [-0.39, 0.29) is 5.76 Å². The molecule has 0 fully saturated rings. The minimum atomic E-state index is -0.515. The lowest BCUT2D eigenvalue weighted by atomic mass is 10.1. The number of carbonyl (C=O) groups excluding carboxylic acids is 1. The van der Waals surface area contributed by atoms with E-state index < -0.39 is 5.97 Å². The van der Waals surface area contributed by atoms with Gasteiger partial charge in [0.05, 0.1) is 0 Å². The molecule has 0 bridgehead atoms. The molecule has 4 nitrogen and oxygen atoms in total. The van der Waals surface area contributed by atoms with Gasteiger partial charge in [-0.3, -0.25) is 0 Å². The number of hydrogen-bond acceptors (Lipinski definition) is 4. The average molecular weight is 348 g/mol. The summed E-state index contributed by atoms with van der Waals surface area (Å²) < 4.78 is 5.19. The molecule has 0 aromatic heterocycles. The quantitative estimate of drug-likeness (QED) is 0.239. The highest BCUT2D eigenvalue weighted by atomic mass is 16.5. The minimum Gasteiger partial charge on any atom is -0.424 e. The molecule has 0 unspecified atom stereocenters. The van der Waals surface area contributed by atoms with Gasteiger partial charge in [-0.2, -0.15) is 0 Å². The van der Waals surface area contributed by atoms with E-state index in [0.717, 1.165) is 11.1 Å². The van der Waals surface area contributed by atoms with Crippen molar-refractivity contribution in [3.05, 3.63) is 109 Å². The zero-order chi connectivity index (χ0) is 19.7. The van der Waals surface area contributed by atoms with Gasteiger partial charge in [0.25, 0.3) is 0 Å². The highest BCUT2D eigenvalue weighted by Crippen LogP contribution is 2.16. The van der Waals surface area contributed by atoms with Crippen LogP contribution in [-0.2, 0) is 9.53 Å². The maximum atomic E-state index is 12.1. The first-order valence-corrected chi connectivity index (χ1v) is 7.82. The number of anilines is 1. The average Bonchev–Trinajstić information content (AvgIpc) is 2.58. The number of allylic oxidation sites excluding steroid dienone is 7. The topological polar surface area (TPSA) is 78.3 Å². The number of carbonyl (C=O) groups is 1. The molecule has 0 aliphatic carbocycles. The molecule has 4 N–H and O–H groups in total. The van der Waals surface area contributed by atoms with Crippen molar-refractivity contribution in [2.24, 2.45) is 5.73 Å². The van der Waals surface area contributed by atoms with Crippen LogP contribution in [0, 0.1) is 0 Å². The molecular weight excluding hydrogens is 324 g/mol. The molecular formula is C22H24N2O2. The molecule has 0 amide bonds. The van der Waals surface area contributed by atoms with Crippen LogP contribution in [0.2, 0.25) is 0 Å².